The van der Waals surface area contributed by atoms with E-state index in [0.717, 1.165) is 50.2 Å². The van der Waals surface area contributed by atoms with Gasteiger partial charge in [0.1, 0.15) is 0 Å². The summed E-state index contributed by atoms with van der Waals surface area (Å²) in [5, 5.41) is 0. The highest BCUT2D eigenvalue weighted by atomic mass is 19.4. The van der Waals surface area contributed by atoms with E-state index in [-0.39, 0.29) is 5.60 Å². The molecule has 0 saturated heterocycles. The average molecular weight is 443 g/mol. The molecule has 0 N–H and O–H groups in total. The van der Waals surface area contributed by atoms with Crippen LogP contribution in [0.1, 0.15) is 115 Å². The van der Waals surface area contributed by atoms with Crippen molar-refractivity contribution in [1.82, 2.24) is 0 Å². The van der Waals surface area contributed by atoms with Gasteiger partial charge in [-0.2, -0.15) is 13.2 Å². The Kier molecular flexibility index (Phi) is 13.5. The summed E-state index contributed by atoms with van der Waals surface area (Å²) in [6, 6.07) is 5.77. The van der Waals surface area contributed by atoms with Crippen LogP contribution < -0.4 is 0 Å². The van der Waals surface area contributed by atoms with Crippen molar-refractivity contribution in [3.8, 4) is 0 Å². The minimum atomic E-state index is -4.26. The third kappa shape index (κ3) is 9.97. The van der Waals surface area contributed by atoms with Crippen LogP contribution in [-0.4, -0.2) is 12.7 Å². The summed E-state index contributed by atoms with van der Waals surface area (Å²) in [5.74, 6) is 0.562. The molecule has 0 fully saturated rings. The lowest BCUT2D eigenvalue weighted by molar-refractivity contribution is -0.137. The molecule has 0 spiro atoms. The Labute approximate surface area is 189 Å². The van der Waals surface area contributed by atoms with Crippen LogP contribution in [0, 0.1) is 5.92 Å². The number of ether oxygens (including phenoxy) is 1. The SMILES string of the molecule is CCCCCCCCC(CCCCCc1cccc(C(F)(F)F)c1)C(CC)(CC)OC. The van der Waals surface area contributed by atoms with Gasteiger partial charge in [-0.15, -0.1) is 0 Å². The second-order valence-corrected chi connectivity index (χ2v) is 9.03. The van der Waals surface area contributed by atoms with Gasteiger partial charge in [0.15, 0.2) is 0 Å². The van der Waals surface area contributed by atoms with Crippen LogP contribution in [0.5, 0.6) is 0 Å². The van der Waals surface area contributed by atoms with Gasteiger partial charge >= 0.3 is 6.18 Å². The van der Waals surface area contributed by atoms with Crippen molar-refractivity contribution in [2.24, 2.45) is 5.92 Å². The van der Waals surface area contributed by atoms with Crippen LogP contribution in [0.25, 0.3) is 0 Å². The zero-order valence-electron chi connectivity index (χ0n) is 20.3. The average Bonchev–Trinajstić information content (AvgIpc) is 2.76. The molecule has 1 aromatic rings. The van der Waals surface area contributed by atoms with Crippen LogP contribution in [0.2, 0.25) is 0 Å². The molecule has 0 amide bonds. The lowest BCUT2D eigenvalue weighted by atomic mass is 9.76. The summed E-state index contributed by atoms with van der Waals surface area (Å²) in [6.45, 7) is 6.71. The van der Waals surface area contributed by atoms with Crippen molar-refractivity contribution in [3.63, 3.8) is 0 Å². The van der Waals surface area contributed by atoms with Crippen LogP contribution >= 0.6 is 0 Å². The van der Waals surface area contributed by atoms with Crippen molar-refractivity contribution in [3.05, 3.63) is 35.4 Å². The van der Waals surface area contributed by atoms with E-state index in [1.165, 1.54) is 57.1 Å². The maximum atomic E-state index is 12.9. The quantitative estimate of drug-likeness (QED) is 0.218. The molecule has 1 atom stereocenters. The highest BCUT2D eigenvalue weighted by molar-refractivity contribution is 5.25. The lowest BCUT2D eigenvalue weighted by Gasteiger charge is -2.39. The molecule has 0 saturated carbocycles. The first-order chi connectivity index (χ1) is 14.8. The van der Waals surface area contributed by atoms with Gasteiger partial charge in [-0.1, -0.05) is 90.3 Å². The first-order valence-corrected chi connectivity index (χ1v) is 12.5. The number of aryl methyl sites for hydroxylation is 1. The maximum absolute atomic E-state index is 12.9. The summed E-state index contributed by atoms with van der Waals surface area (Å²) in [6.07, 6.45) is 11.8. The number of alkyl halides is 3. The zero-order valence-corrected chi connectivity index (χ0v) is 20.3. The fourth-order valence-corrected chi connectivity index (χ4v) is 4.92. The first kappa shape index (κ1) is 28.0. The number of hydrogen-bond acceptors (Lipinski definition) is 1. The molecule has 1 aromatic carbocycles. The molecule has 0 aromatic heterocycles. The molecule has 1 nitrogen and oxygen atoms in total. The number of unbranched alkanes of at least 4 members (excludes halogenated alkanes) is 7. The highest BCUT2D eigenvalue weighted by Gasteiger charge is 2.34. The predicted molar refractivity (Wildman–Crippen MR) is 125 cm³/mol. The normalized spacial score (nSPS) is 13.5. The second-order valence-electron chi connectivity index (χ2n) is 9.03. The molecule has 0 aliphatic carbocycles. The van der Waals surface area contributed by atoms with E-state index in [2.05, 4.69) is 20.8 Å². The van der Waals surface area contributed by atoms with E-state index in [4.69, 9.17) is 4.74 Å². The van der Waals surface area contributed by atoms with Crippen LogP contribution in [0.3, 0.4) is 0 Å². The molecule has 0 aliphatic heterocycles. The smallest absolute Gasteiger partial charge is 0.378 e. The van der Waals surface area contributed by atoms with Crippen molar-refractivity contribution in [2.45, 2.75) is 122 Å². The van der Waals surface area contributed by atoms with Gasteiger partial charge in [0.2, 0.25) is 0 Å². The van der Waals surface area contributed by atoms with Gasteiger partial charge in [0.25, 0.3) is 0 Å². The zero-order chi connectivity index (χ0) is 23.2. The van der Waals surface area contributed by atoms with Crippen molar-refractivity contribution < 1.29 is 17.9 Å². The highest BCUT2D eigenvalue weighted by Crippen LogP contribution is 2.37. The Morgan fingerprint density at radius 3 is 1.94 bits per heavy atom. The predicted octanol–water partition coefficient (Wildman–Crippen LogP) is 9.38. The summed E-state index contributed by atoms with van der Waals surface area (Å²) in [5.41, 5.74) is 0.205. The summed E-state index contributed by atoms with van der Waals surface area (Å²) >= 11 is 0. The fourth-order valence-electron chi connectivity index (χ4n) is 4.92. The molecule has 31 heavy (non-hydrogen) atoms. The van der Waals surface area contributed by atoms with Gasteiger partial charge < -0.3 is 4.74 Å². The van der Waals surface area contributed by atoms with E-state index in [1.807, 2.05) is 7.11 Å². The minimum Gasteiger partial charge on any atom is -0.378 e. The van der Waals surface area contributed by atoms with E-state index in [0.29, 0.717) is 12.3 Å². The lowest BCUT2D eigenvalue weighted by Crippen LogP contribution is -2.39. The Hall–Kier alpha value is -1.03. The number of methoxy groups -OCH3 is 1. The van der Waals surface area contributed by atoms with Crippen LogP contribution in [0.15, 0.2) is 24.3 Å². The van der Waals surface area contributed by atoms with Gasteiger partial charge in [0, 0.05) is 7.11 Å². The Bertz CT molecular complexity index is 570. The maximum Gasteiger partial charge on any atom is 0.416 e. The molecule has 180 valence electrons. The fraction of sp³-hybridized carbons (Fsp3) is 0.778. The van der Waals surface area contributed by atoms with E-state index in [1.54, 1.807) is 6.07 Å². The third-order valence-corrected chi connectivity index (χ3v) is 7.03. The van der Waals surface area contributed by atoms with E-state index >= 15 is 0 Å². The standard InChI is InChI=1S/C27H45F3O/c1-5-8-9-10-11-14-19-24(26(6-2,7-3)31-4)20-15-12-13-17-23-18-16-21-25(22-23)27(28,29)30/h16,18,21-22,24H,5-15,17,19-20H2,1-4H3. The van der Waals surface area contributed by atoms with Gasteiger partial charge in [0.05, 0.1) is 11.2 Å². The number of hydrogen-bond donors (Lipinski definition) is 0. The van der Waals surface area contributed by atoms with Crippen LogP contribution in [0.4, 0.5) is 13.2 Å². The molecular formula is C27H45F3O. The molecule has 0 radical (unpaired) electrons. The van der Waals surface area contributed by atoms with Crippen molar-refractivity contribution in [2.75, 3.05) is 7.11 Å². The number of rotatable bonds is 17. The van der Waals surface area contributed by atoms with Crippen molar-refractivity contribution in [1.29, 1.82) is 0 Å². The molecular weight excluding hydrogens is 397 g/mol. The monoisotopic (exact) mass is 442 g/mol. The summed E-state index contributed by atoms with van der Waals surface area (Å²) < 4.78 is 44.7. The molecule has 0 bridgehead atoms. The molecule has 0 aliphatic rings. The molecule has 1 rings (SSSR count). The van der Waals surface area contributed by atoms with E-state index in [9.17, 15) is 13.2 Å². The Balaban J connectivity index is 2.50. The molecule has 1 unspecified atom stereocenters. The minimum absolute atomic E-state index is 0.0372. The number of halogens is 3. The second kappa shape index (κ2) is 14.9. The topological polar surface area (TPSA) is 9.23 Å². The third-order valence-electron chi connectivity index (χ3n) is 7.03. The van der Waals surface area contributed by atoms with Gasteiger partial charge in [-0.3, -0.25) is 0 Å². The summed E-state index contributed by atoms with van der Waals surface area (Å²) in [4.78, 5) is 0. The summed E-state index contributed by atoms with van der Waals surface area (Å²) in [7, 11) is 1.86. The molecule has 0 heterocycles. The van der Waals surface area contributed by atoms with Crippen molar-refractivity contribution >= 4 is 0 Å². The molecule has 4 heteroatoms. The number of benzene rings is 1. The van der Waals surface area contributed by atoms with E-state index < -0.39 is 11.7 Å². The van der Waals surface area contributed by atoms with Gasteiger partial charge in [-0.25, -0.2) is 0 Å². The largest absolute Gasteiger partial charge is 0.416 e. The Morgan fingerprint density at radius 1 is 0.806 bits per heavy atom. The first-order valence-electron chi connectivity index (χ1n) is 12.5. The Morgan fingerprint density at radius 2 is 1.39 bits per heavy atom. The van der Waals surface area contributed by atoms with Crippen LogP contribution in [-0.2, 0) is 17.3 Å². The van der Waals surface area contributed by atoms with Gasteiger partial charge in [-0.05, 0) is 56.1 Å².